The van der Waals surface area contributed by atoms with Crippen LogP contribution < -0.4 is 10.9 Å². The van der Waals surface area contributed by atoms with Crippen molar-refractivity contribution in [2.24, 2.45) is 0 Å². The van der Waals surface area contributed by atoms with Gasteiger partial charge in [0.25, 0.3) is 5.56 Å². The number of nitrogens with zero attached hydrogens (tertiary/aromatic N) is 4. The Balaban J connectivity index is 1.81. The summed E-state index contributed by atoms with van der Waals surface area (Å²) in [7, 11) is 4.10. The summed E-state index contributed by atoms with van der Waals surface area (Å²) in [4.78, 5) is 19.0. The van der Waals surface area contributed by atoms with Crippen molar-refractivity contribution in [1.29, 1.82) is 0 Å². The average Bonchev–Trinajstić information content (AvgIpc) is 2.91. The van der Waals surface area contributed by atoms with Crippen molar-refractivity contribution in [1.82, 2.24) is 19.5 Å². The maximum Gasteiger partial charge on any atom is 0.275 e. The molecular weight excluding hydrogens is 310 g/mol. The van der Waals surface area contributed by atoms with E-state index in [0.29, 0.717) is 22.3 Å². The van der Waals surface area contributed by atoms with Gasteiger partial charge in [-0.05, 0) is 26.6 Å². The van der Waals surface area contributed by atoms with Gasteiger partial charge in [-0.15, -0.1) is 5.10 Å². The highest BCUT2D eigenvalue weighted by atomic mass is 32.1. The molecule has 1 atom stereocenters. The summed E-state index contributed by atoms with van der Waals surface area (Å²) in [6.45, 7) is 2.51. The van der Waals surface area contributed by atoms with Crippen LogP contribution in [0.3, 0.4) is 0 Å². The fourth-order valence-electron chi connectivity index (χ4n) is 2.45. The lowest BCUT2D eigenvalue weighted by molar-refractivity contribution is 0.312. The third-order valence-electron chi connectivity index (χ3n) is 3.63. The zero-order valence-corrected chi connectivity index (χ0v) is 14.2. The number of fused-ring (bicyclic) bond motifs is 1. The summed E-state index contributed by atoms with van der Waals surface area (Å²) in [6.07, 6.45) is 0. The van der Waals surface area contributed by atoms with E-state index < -0.39 is 0 Å². The van der Waals surface area contributed by atoms with Crippen LogP contribution in [0.5, 0.6) is 0 Å². The van der Waals surface area contributed by atoms with Crippen LogP contribution >= 0.6 is 11.3 Å². The van der Waals surface area contributed by atoms with E-state index >= 15 is 0 Å². The van der Waals surface area contributed by atoms with Crippen LogP contribution in [0.1, 0.15) is 17.3 Å². The lowest BCUT2D eigenvalue weighted by Gasteiger charge is -2.24. The molecule has 0 bridgehead atoms. The second kappa shape index (κ2) is 6.47. The van der Waals surface area contributed by atoms with Crippen molar-refractivity contribution < 1.29 is 0 Å². The Morgan fingerprint density at radius 2 is 2.04 bits per heavy atom. The molecule has 0 fully saturated rings. The SMILES string of the molecule is Cc1cc(=O)n2nc(NC[C@H](c3ccccc3)N(C)C)sc2n1. The van der Waals surface area contributed by atoms with Gasteiger partial charge in [-0.1, -0.05) is 41.7 Å². The molecule has 120 valence electrons. The number of anilines is 1. The monoisotopic (exact) mass is 329 g/mol. The number of aromatic nitrogens is 3. The molecule has 0 radical (unpaired) electrons. The van der Waals surface area contributed by atoms with Crippen LogP contribution in [-0.2, 0) is 0 Å². The minimum absolute atomic E-state index is 0.149. The van der Waals surface area contributed by atoms with Crippen LogP contribution in [0, 0.1) is 6.92 Å². The van der Waals surface area contributed by atoms with E-state index in [1.807, 2.05) is 39.2 Å². The largest absolute Gasteiger partial charge is 0.358 e. The molecule has 0 saturated heterocycles. The van der Waals surface area contributed by atoms with E-state index in [1.165, 1.54) is 27.5 Å². The van der Waals surface area contributed by atoms with Gasteiger partial charge in [0.1, 0.15) is 0 Å². The summed E-state index contributed by atoms with van der Waals surface area (Å²) in [5, 5.41) is 8.33. The minimum Gasteiger partial charge on any atom is -0.358 e. The van der Waals surface area contributed by atoms with E-state index in [-0.39, 0.29) is 11.6 Å². The molecule has 0 aliphatic carbocycles. The lowest BCUT2D eigenvalue weighted by Crippen LogP contribution is -2.26. The highest BCUT2D eigenvalue weighted by molar-refractivity contribution is 7.20. The fraction of sp³-hybridized carbons (Fsp3) is 0.312. The first-order valence-electron chi connectivity index (χ1n) is 7.37. The second-order valence-corrected chi connectivity index (χ2v) is 6.56. The van der Waals surface area contributed by atoms with Crippen LogP contribution in [0.15, 0.2) is 41.2 Å². The molecule has 0 aliphatic heterocycles. The highest BCUT2D eigenvalue weighted by Gasteiger charge is 2.15. The van der Waals surface area contributed by atoms with E-state index in [9.17, 15) is 4.79 Å². The number of aryl methyl sites for hydroxylation is 1. The predicted molar refractivity (Wildman–Crippen MR) is 93.2 cm³/mol. The smallest absolute Gasteiger partial charge is 0.275 e. The number of hydrogen-bond donors (Lipinski definition) is 1. The second-order valence-electron chi connectivity index (χ2n) is 5.61. The summed E-state index contributed by atoms with van der Waals surface area (Å²) in [5.41, 5.74) is 1.79. The van der Waals surface area contributed by atoms with Crippen molar-refractivity contribution in [3.05, 3.63) is 58.0 Å². The standard InChI is InChI=1S/C16H19N5OS/c1-11-9-14(22)21-16(18-11)23-15(19-21)17-10-13(20(2)3)12-7-5-4-6-8-12/h4-9,13H,10H2,1-3H3,(H,17,19)/t13-/m1/s1. The van der Waals surface area contributed by atoms with E-state index in [2.05, 4.69) is 32.4 Å². The number of benzene rings is 1. The summed E-state index contributed by atoms with van der Waals surface area (Å²) < 4.78 is 1.34. The fourth-order valence-corrected chi connectivity index (χ4v) is 3.31. The number of nitrogens with one attached hydrogen (secondary N) is 1. The summed E-state index contributed by atoms with van der Waals surface area (Å²) in [6, 6.07) is 12.0. The summed E-state index contributed by atoms with van der Waals surface area (Å²) in [5.74, 6) is 0. The normalized spacial score (nSPS) is 12.7. The van der Waals surface area contributed by atoms with Gasteiger partial charge in [0, 0.05) is 18.3 Å². The molecule has 3 rings (SSSR count). The van der Waals surface area contributed by atoms with E-state index in [1.54, 1.807) is 0 Å². The number of rotatable bonds is 5. The molecule has 0 aliphatic rings. The number of likely N-dealkylation sites (N-methyl/N-ethyl adjacent to an activating group) is 1. The first-order chi connectivity index (χ1) is 11.0. The number of hydrogen-bond acceptors (Lipinski definition) is 6. The molecule has 0 unspecified atom stereocenters. The maximum absolute atomic E-state index is 11.9. The molecule has 2 aromatic heterocycles. The van der Waals surface area contributed by atoms with Gasteiger partial charge in [0.05, 0.1) is 6.04 Å². The van der Waals surface area contributed by atoms with Crippen molar-refractivity contribution >= 4 is 21.4 Å². The van der Waals surface area contributed by atoms with Gasteiger partial charge in [-0.25, -0.2) is 4.98 Å². The molecule has 2 heterocycles. The highest BCUT2D eigenvalue weighted by Crippen LogP contribution is 2.21. The Morgan fingerprint density at radius 1 is 1.30 bits per heavy atom. The Hall–Kier alpha value is -2.25. The third-order valence-corrected chi connectivity index (χ3v) is 4.49. The molecule has 0 amide bonds. The topological polar surface area (TPSA) is 62.5 Å². The van der Waals surface area contributed by atoms with Crippen LogP contribution in [0.4, 0.5) is 5.13 Å². The van der Waals surface area contributed by atoms with Gasteiger partial charge in [0.15, 0.2) is 0 Å². The van der Waals surface area contributed by atoms with Gasteiger partial charge in [-0.3, -0.25) is 4.79 Å². The minimum atomic E-state index is -0.149. The first-order valence-corrected chi connectivity index (χ1v) is 8.19. The van der Waals surface area contributed by atoms with Gasteiger partial charge in [0.2, 0.25) is 10.1 Å². The Kier molecular flexibility index (Phi) is 4.40. The Morgan fingerprint density at radius 3 is 2.74 bits per heavy atom. The quantitative estimate of drug-likeness (QED) is 0.777. The van der Waals surface area contributed by atoms with Crippen molar-refractivity contribution in [2.75, 3.05) is 26.0 Å². The molecule has 1 N–H and O–H groups in total. The van der Waals surface area contributed by atoms with Crippen LogP contribution in [0.2, 0.25) is 0 Å². The van der Waals surface area contributed by atoms with Gasteiger partial charge < -0.3 is 10.2 Å². The van der Waals surface area contributed by atoms with Gasteiger partial charge >= 0.3 is 0 Å². The lowest BCUT2D eigenvalue weighted by atomic mass is 10.1. The molecule has 0 spiro atoms. The maximum atomic E-state index is 11.9. The van der Waals surface area contributed by atoms with Crippen molar-refractivity contribution in [2.45, 2.75) is 13.0 Å². The zero-order valence-electron chi connectivity index (χ0n) is 13.4. The molecule has 1 aromatic carbocycles. The molecular formula is C16H19N5OS. The molecule has 7 heteroatoms. The molecule has 23 heavy (non-hydrogen) atoms. The van der Waals surface area contributed by atoms with Crippen molar-refractivity contribution in [3.8, 4) is 0 Å². The Bertz CT molecular complexity index is 856. The Labute approximate surface area is 138 Å². The van der Waals surface area contributed by atoms with Crippen LogP contribution in [0.25, 0.3) is 4.96 Å². The average molecular weight is 329 g/mol. The zero-order chi connectivity index (χ0) is 16.4. The molecule has 3 aromatic rings. The summed E-state index contributed by atoms with van der Waals surface area (Å²) >= 11 is 1.39. The van der Waals surface area contributed by atoms with Crippen molar-refractivity contribution in [3.63, 3.8) is 0 Å². The first kappa shape index (κ1) is 15.6. The molecule has 0 saturated carbocycles. The van der Waals surface area contributed by atoms with Crippen LogP contribution in [-0.4, -0.2) is 40.1 Å². The van der Waals surface area contributed by atoms with E-state index in [0.717, 1.165) is 0 Å². The third kappa shape index (κ3) is 3.40. The van der Waals surface area contributed by atoms with Gasteiger partial charge in [-0.2, -0.15) is 4.52 Å². The molecule has 6 nitrogen and oxygen atoms in total. The van der Waals surface area contributed by atoms with E-state index in [4.69, 9.17) is 0 Å². The predicted octanol–water partition coefficient (Wildman–Crippen LogP) is 2.17.